The van der Waals surface area contributed by atoms with Crippen LogP contribution in [0.1, 0.15) is 27.7 Å². The third-order valence-electron chi connectivity index (χ3n) is 20.9. The summed E-state index contributed by atoms with van der Waals surface area (Å²) < 4.78 is 124. The van der Waals surface area contributed by atoms with E-state index in [2.05, 4.69) is 21.3 Å². The van der Waals surface area contributed by atoms with Gasteiger partial charge in [-0.15, -0.1) is 0 Å². The molecule has 0 spiro atoms. The van der Waals surface area contributed by atoms with Crippen molar-refractivity contribution in [2.45, 2.75) is 304 Å². The maximum atomic E-state index is 13.3. The lowest BCUT2D eigenvalue weighted by Gasteiger charge is -2.51. The van der Waals surface area contributed by atoms with Gasteiger partial charge in [0.15, 0.2) is 56.6 Å². The average molecular weight is 1760 g/mol. The Labute approximate surface area is 673 Å². The SMILES string of the molecule is CC(=O)N[C@@H]1[C@@H](O)[C@H](O[C@@H]2O[C@H](CO)[C@@H](O[C@@H]3O[C@H](CO[C@H]4O[C@H](CO[C@H]5O[C@H](CO)[C@@H](O)[C@H](O)[C@@H]5O)[C@@H](O)[C@H](O[C@H]5O[C@H](CO)[C@@H](O)[C@H](O)[C@@H]5O)[C@@H]4O)[C@@H](O)[C@H](O[C@H]4O[C@H](CO)[C@@H](O)[C@H](O)[C@@H]4O[C@@H]4O[C@H](COP(=O)(O)OCCN)[C@@H](O[C@@H]5O[C@H](CO)[C@H](O)[C@H](O)[C@H]5NC(C)=O)[C@H](O)[C@H]4NC(C)=O)[C@@H]3O)[C@H](O)[C@H]2NC(C)=O)[C@@H](CO)O[C@H]1O. The highest BCUT2D eigenvalue weighted by Gasteiger charge is 2.61. The van der Waals surface area contributed by atoms with E-state index in [0.29, 0.717) is 0 Å². The highest BCUT2D eigenvalue weighted by Crippen LogP contribution is 2.45. The summed E-state index contributed by atoms with van der Waals surface area (Å²) in [6.45, 7) is -7.23. The summed E-state index contributed by atoms with van der Waals surface area (Å²) in [5.41, 5.74) is 5.47. The highest BCUT2D eigenvalue weighted by atomic mass is 31.2. The number of aliphatic hydroxyl groups is 24. The molecule has 119 heavy (non-hydrogen) atoms. The van der Waals surface area contributed by atoms with Crippen LogP contribution in [0.15, 0.2) is 0 Å². The molecular weight excluding hydrogens is 1650 g/mol. The van der Waals surface area contributed by atoms with Crippen LogP contribution < -0.4 is 27.0 Å². The van der Waals surface area contributed by atoms with Gasteiger partial charge in [-0.3, -0.25) is 28.2 Å². The van der Waals surface area contributed by atoms with Crippen molar-refractivity contribution < 1.29 is 241 Å². The fourth-order valence-corrected chi connectivity index (χ4v) is 15.5. The monoisotopic (exact) mass is 1760 g/mol. The Bertz CT molecular complexity index is 3240. The van der Waals surface area contributed by atoms with Crippen LogP contribution in [0.25, 0.3) is 0 Å². The zero-order chi connectivity index (χ0) is 87.8. The second-order valence-corrected chi connectivity index (χ2v) is 30.9. The molecule has 55 heteroatoms. The van der Waals surface area contributed by atoms with Gasteiger partial charge in [0.2, 0.25) is 23.6 Å². The van der Waals surface area contributed by atoms with Crippen LogP contribution in [0.2, 0.25) is 0 Å². The van der Waals surface area contributed by atoms with Crippen LogP contribution in [0.4, 0.5) is 0 Å². The maximum Gasteiger partial charge on any atom is 0.472 e. The first-order valence-corrected chi connectivity index (χ1v) is 39.0. The molecule has 9 aliphatic heterocycles. The fourth-order valence-electron chi connectivity index (χ4n) is 14.7. The van der Waals surface area contributed by atoms with Gasteiger partial charge < -0.3 is 235 Å². The Hall–Kier alpha value is -3.69. The lowest BCUT2D eigenvalue weighted by molar-refractivity contribution is -0.397. The number of carbonyl (C=O) groups excluding carboxylic acids is 4. The minimum atomic E-state index is -5.23. The van der Waals surface area contributed by atoms with Crippen LogP contribution in [-0.4, -0.2) is 500 Å². The molecule has 0 aromatic rings. The Morgan fingerprint density at radius 1 is 0.294 bits per heavy atom. The van der Waals surface area contributed by atoms with Gasteiger partial charge in [-0.1, -0.05) is 0 Å². The third kappa shape index (κ3) is 23.2. The smallest absolute Gasteiger partial charge is 0.394 e. The number of aliphatic hydroxyl groups excluding tert-OH is 24. The van der Waals surface area contributed by atoms with E-state index >= 15 is 0 Å². The number of phosphoric acid groups is 1. The van der Waals surface area contributed by atoms with Crippen molar-refractivity contribution in [2.75, 3.05) is 72.6 Å². The summed E-state index contributed by atoms with van der Waals surface area (Å²) in [6.07, 6.45) is -88.0. The number of nitrogens with one attached hydrogen (secondary N) is 4. The molecule has 9 aliphatic rings. The van der Waals surface area contributed by atoms with Crippen molar-refractivity contribution in [2.24, 2.45) is 5.73 Å². The topological polar surface area (TPSA) is 841 Å². The Morgan fingerprint density at radius 2 is 0.597 bits per heavy atom. The molecule has 0 radical (unpaired) electrons. The lowest BCUT2D eigenvalue weighted by atomic mass is 9.93. The molecule has 1 unspecified atom stereocenters. The normalized spacial score (nSPS) is 47.3. The Morgan fingerprint density at radius 3 is 1.06 bits per heavy atom. The molecule has 0 aromatic carbocycles. The number of rotatable bonds is 34. The van der Waals surface area contributed by atoms with E-state index in [-0.39, 0.29) is 6.54 Å². The number of carbonyl (C=O) groups is 4. The summed E-state index contributed by atoms with van der Waals surface area (Å²) in [6, 6.07) is -7.52. The third-order valence-corrected chi connectivity index (χ3v) is 21.9. The van der Waals surface area contributed by atoms with E-state index < -0.39 is 374 Å². The van der Waals surface area contributed by atoms with E-state index in [9.17, 15) is 151 Å². The number of phosphoric ester groups is 1. The molecule has 0 bridgehead atoms. The molecule has 54 nitrogen and oxygen atoms in total. The standard InChI is InChI=1S/C64H110N5O49P/c1-16(76)66-29-40(87)50(24(11-74)104-56(29)97)113-58-31(68-18(3)78)41(88)51(25(12-75)109-58)115-63-49(96)54(38(85)27(111-63)14-101-61-48(95)53(116-62-47(94)44(91)35(82)22(9-72)107-62)37(84)26(110-61)13-100-60-46(93)43(90)34(81)21(8-71)106-60)117-64-55(45(92)36(83)23(10-73)108-64)118-59-32(69-19(4)79)42(89)52(28(112-59)15-103-119(98,99)102-6-5-65)114-57-30(67-17(2)77)39(86)33(80)20(7-70)105-57/h20-64,70-75,80-97H,5-15,65H2,1-4H3,(H,66,76)(H,67,77)(H,68,78)(H,69,79)(H,98,99)/t20-,21-,22-,23-,24-,25-,26-,27-,28-,29-,30-,31-,32-,33+,34-,35-,36-,37-,38-,39-,40-,41-,42-,43+,44+,45+,46+,47+,48+,49+,50-,51-,52-,53+,54+,55+,56-,57+,58+,59+,60+,61+,62-,63+,64-/m1/s1. The molecule has 0 aliphatic carbocycles. The number of nitrogens with two attached hydrogens (primary N) is 1. The molecule has 0 aromatic heterocycles. The summed E-state index contributed by atoms with van der Waals surface area (Å²) in [4.78, 5) is 61.7. The summed E-state index contributed by atoms with van der Waals surface area (Å²) in [5.74, 6) is -3.68. The van der Waals surface area contributed by atoms with Gasteiger partial charge in [0.05, 0.1) is 66.1 Å². The zero-order valence-corrected chi connectivity index (χ0v) is 64.7. The summed E-state index contributed by atoms with van der Waals surface area (Å²) >= 11 is 0. The van der Waals surface area contributed by atoms with E-state index in [1.807, 2.05) is 0 Å². The number of hydrogen-bond donors (Lipinski definition) is 30. The van der Waals surface area contributed by atoms with Gasteiger partial charge in [-0.25, -0.2) is 4.57 Å². The second-order valence-electron chi connectivity index (χ2n) is 29.4. The van der Waals surface area contributed by atoms with Crippen molar-refractivity contribution in [1.82, 2.24) is 21.3 Å². The molecule has 31 N–H and O–H groups in total. The van der Waals surface area contributed by atoms with Crippen molar-refractivity contribution in [1.29, 1.82) is 0 Å². The predicted molar refractivity (Wildman–Crippen MR) is 367 cm³/mol. The first kappa shape index (κ1) is 99.1. The van der Waals surface area contributed by atoms with E-state index in [4.69, 9.17) is 95.3 Å². The number of hydrogen-bond acceptors (Lipinski definition) is 49. The van der Waals surface area contributed by atoms with Gasteiger partial charge >= 0.3 is 7.82 Å². The molecule has 9 rings (SSSR count). The minimum Gasteiger partial charge on any atom is -0.394 e. The van der Waals surface area contributed by atoms with Gasteiger partial charge in [0, 0.05) is 34.2 Å². The van der Waals surface area contributed by atoms with Gasteiger partial charge in [-0.05, 0) is 0 Å². The average Bonchev–Trinajstić information content (AvgIpc) is 0.767. The van der Waals surface area contributed by atoms with E-state index in [1.165, 1.54) is 0 Å². The first-order chi connectivity index (χ1) is 56.2. The van der Waals surface area contributed by atoms with E-state index in [1.54, 1.807) is 0 Å². The summed E-state index contributed by atoms with van der Waals surface area (Å²) in [5, 5.41) is 278. The number of amides is 4. The first-order valence-electron chi connectivity index (χ1n) is 37.5. The molecule has 9 heterocycles. The second kappa shape index (κ2) is 43.7. The molecule has 0 saturated carbocycles. The summed E-state index contributed by atoms with van der Waals surface area (Å²) in [7, 11) is -5.23. The largest absolute Gasteiger partial charge is 0.472 e. The molecule has 4 amide bonds. The van der Waals surface area contributed by atoms with Crippen molar-refractivity contribution in [3.8, 4) is 0 Å². The van der Waals surface area contributed by atoms with E-state index in [0.717, 1.165) is 27.7 Å². The van der Waals surface area contributed by atoms with Crippen molar-refractivity contribution in [3.05, 3.63) is 0 Å². The molecule has 46 atom stereocenters. The maximum absolute atomic E-state index is 13.3. The van der Waals surface area contributed by atoms with Crippen LogP contribution in [-0.2, 0) is 113 Å². The number of ether oxygens (including phenoxy) is 17. The minimum absolute atomic E-state index is 0.354. The van der Waals surface area contributed by atoms with Crippen LogP contribution >= 0.6 is 7.82 Å². The molecular formula is C64H110N5O49P. The van der Waals surface area contributed by atoms with Gasteiger partial charge in [-0.2, -0.15) is 0 Å². The molecule has 9 fully saturated rings. The Kier molecular flexibility index (Phi) is 36.4. The quantitative estimate of drug-likeness (QED) is 0.0266. The van der Waals surface area contributed by atoms with Crippen molar-refractivity contribution in [3.63, 3.8) is 0 Å². The molecule has 690 valence electrons. The predicted octanol–water partition coefficient (Wildman–Crippen LogP) is -20.0. The highest BCUT2D eigenvalue weighted by molar-refractivity contribution is 7.47. The van der Waals surface area contributed by atoms with Gasteiger partial charge in [0.1, 0.15) is 219 Å². The lowest BCUT2D eigenvalue weighted by Crippen LogP contribution is -2.71. The van der Waals surface area contributed by atoms with Crippen LogP contribution in [0.5, 0.6) is 0 Å². The van der Waals surface area contributed by atoms with Crippen molar-refractivity contribution >= 4 is 31.5 Å². The Balaban J connectivity index is 1.09. The van der Waals surface area contributed by atoms with Crippen LogP contribution in [0, 0.1) is 0 Å². The van der Waals surface area contributed by atoms with Crippen LogP contribution in [0.3, 0.4) is 0 Å². The van der Waals surface area contributed by atoms with Gasteiger partial charge in [0.25, 0.3) is 0 Å². The zero-order valence-electron chi connectivity index (χ0n) is 63.8. The fraction of sp³-hybridized carbons (Fsp3) is 0.938. The molecule has 9 saturated heterocycles.